The van der Waals surface area contributed by atoms with Crippen LogP contribution in [0.2, 0.25) is 0 Å². The lowest BCUT2D eigenvalue weighted by Gasteiger charge is -2.39. The normalized spacial score (nSPS) is 14.8. The van der Waals surface area contributed by atoms with Crippen LogP contribution in [0.1, 0.15) is 12.8 Å². The predicted molar refractivity (Wildman–Crippen MR) is 242 cm³/mol. The number of nitrogens with zero attached hydrogens (tertiary/aromatic N) is 3. The van der Waals surface area contributed by atoms with Gasteiger partial charge in [-0.1, -0.05) is 109 Å². The second kappa shape index (κ2) is 25.0. The minimum absolute atomic E-state index is 0. The maximum absolute atomic E-state index is 3.27. The van der Waals surface area contributed by atoms with Crippen molar-refractivity contribution in [3.8, 4) is 0 Å². The molecule has 0 aromatic heterocycles. The number of likely N-dealkylation sites (tertiary alicyclic amines) is 1. The van der Waals surface area contributed by atoms with Gasteiger partial charge in [-0.05, 0) is 86.9 Å². The fourth-order valence-electron chi connectivity index (χ4n) is 6.70. The van der Waals surface area contributed by atoms with Crippen LogP contribution in [0.4, 0.5) is 0 Å². The highest BCUT2D eigenvalue weighted by atomic mass is 79.9. The minimum Gasteiger partial charge on any atom is -1.00 e. The maximum Gasteiger partial charge on any atom is 0.166 e. The van der Waals surface area contributed by atoms with E-state index in [1.807, 2.05) is 0 Å². The zero-order valence-electron chi connectivity index (χ0n) is 34.6. The van der Waals surface area contributed by atoms with Crippen molar-refractivity contribution in [3.63, 3.8) is 0 Å². The van der Waals surface area contributed by atoms with Crippen molar-refractivity contribution in [2.45, 2.75) is 48.3 Å². The largest absolute Gasteiger partial charge is 1.00 e. The average molecular weight is 864 g/mol. The molecule has 2 fully saturated rings. The predicted octanol–water partition coefficient (Wildman–Crippen LogP) is 6.88. The Labute approximate surface area is 361 Å². The smallest absolute Gasteiger partial charge is 0.166 e. The van der Waals surface area contributed by atoms with Crippen molar-refractivity contribution in [1.29, 1.82) is 0 Å². The molecule has 0 amide bonds. The topological polar surface area (TPSA) is 18.5 Å². The summed E-state index contributed by atoms with van der Waals surface area (Å²) in [6, 6.07) is 65.2. The summed E-state index contributed by atoms with van der Waals surface area (Å²) in [6.45, 7) is 7.30. The monoisotopic (exact) mass is 862 g/mol. The third-order valence-electron chi connectivity index (χ3n) is 10.00. The first-order valence-corrected chi connectivity index (χ1v) is 22.4. The van der Waals surface area contributed by atoms with Crippen molar-refractivity contribution in [1.82, 2.24) is 15.1 Å². The van der Waals surface area contributed by atoms with Crippen LogP contribution in [-0.2, 0) is 21.8 Å². The van der Waals surface area contributed by atoms with Crippen LogP contribution >= 0.6 is 0 Å². The van der Waals surface area contributed by atoms with Crippen LogP contribution in [0.25, 0.3) is 0 Å². The summed E-state index contributed by atoms with van der Waals surface area (Å²) in [5.41, 5.74) is 0. The Bertz CT molecular complexity index is 1580. The summed E-state index contributed by atoms with van der Waals surface area (Å²) in [6.07, 6.45) is 2.72. The van der Waals surface area contributed by atoms with E-state index < -0.39 is 0 Å². The zero-order chi connectivity index (χ0) is 39.4. The molecule has 0 aliphatic carbocycles. The molecule has 1 N–H and O–H groups in total. The lowest BCUT2D eigenvalue weighted by Crippen LogP contribution is -3.00. The van der Waals surface area contributed by atoms with Crippen LogP contribution in [-0.4, -0.2) is 94.8 Å². The Morgan fingerprint density at radius 1 is 0.404 bits per heavy atom. The number of likely N-dealkylation sites (N-methyl/N-ethyl adjacent to an activating group) is 1. The number of quaternary nitrogens is 1. The molecule has 2 aliphatic rings. The highest BCUT2D eigenvalue weighted by Gasteiger charge is 2.29. The molecule has 4 nitrogen and oxygen atoms in total. The third kappa shape index (κ3) is 15.6. The van der Waals surface area contributed by atoms with E-state index in [0.717, 1.165) is 23.6 Å². The SMILES string of the molecule is CN1CCC([N+](C)(C)C)CC1.CN1CCNCC1.[Br-].c1ccc([S+](c2ccccc2)c2ccccc2)cc1.c1ccc([S+](c2ccccc2)c2ccccc2)cc1. The molecule has 8 rings (SSSR count). The van der Waals surface area contributed by atoms with Gasteiger partial charge in [0.05, 0.1) is 49.0 Å². The molecule has 2 heterocycles. The lowest BCUT2D eigenvalue weighted by atomic mass is 10.0. The number of hydrogen-bond acceptors (Lipinski definition) is 3. The van der Waals surface area contributed by atoms with Crippen LogP contribution in [0.3, 0.4) is 0 Å². The van der Waals surface area contributed by atoms with E-state index in [9.17, 15) is 0 Å². The first-order chi connectivity index (χ1) is 27.3. The van der Waals surface area contributed by atoms with Crippen molar-refractivity contribution >= 4 is 21.8 Å². The minimum atomic E-state index is -0.0146. The van der Waals surface area contributed by atoms with Crippen LogP contribution in [0.15, 0.2) is 211 Å². The van der Waals surface area contributed by atoms with Gasteiger partial charge in [0.15, 0.2) is 29.4 Å². The second-order valence-electron chi connectivity index (χ2n) is 15.2. The number of rotatable bonds is 7. The van der Waals surface area contributed by atoms with E-state index in [4.69, 9.17) is 0 Å². The van der Waals surface area contributed by atoms with E-state index in [1.54, 1.807) is 0 Å². The molecule has 2 saturated heterocycles. The Morgan fingerprint density at radius 2 is 0.632 bits per heavy atom. The molecule has 57 heavy (non-hydrogen) atoms. The Morgan fingerprint density at radius 3 is 0.825 bits per heavy atom. The third-order valence-corrected chi connectivity index (χ3v) is 14.5. The molecular formula is C50H63BrN4S2+2. The van der Waals surface area contributed by atoms with Crippen LogP contribution < -0.4 is 22.3 Å². The lowest BCUT2D eigenvalue weighted by molar-refractivity contribution is -0.897. The van der Waals surface area contributed by atoms with Gasteiger partial charge in [-0.2, -0.15) is 0 Å². The second-order valence-corrected chi connectivity index (χ2v) is 19.2. The molecule has 0 spiro atoms. The van der Waals surface area contributed by atoms with Gasteiger partial charge >= 0.3 is 0 Å². The summed E-state index contributed by atoms with van der Waals surface area (Å²) >= 11 is 0. The summed E-state index contributed by atoms with van der Waals surface area (Å²) in [5.74, 6) is 0. The standard InChI is InChI=1S/2C18H15S.C9H21N2.C5H12N2.BrH/c2*1-4-10-16(11-5-1)19(17-12-6-2-7-13-17)18-14-8-3-9-15-18;1-10-7-5-9(6-8-10)11(2,3)4;1-7-4-2-6-3-5-7;/h2*1-15H;9H,5-8H2,1-4H3;6H,2-5H2,1H3;1H/q3*+1;;/p-1. The molecule has 6 aromatic carbocycles. The van der Waals surface area contributed by atoms with Crippen LogP contribution in [0.5, 0.6) is 0 Å². The Hall–Kier alpha value is -3.66. The molecule has 2 aliphatic heterocycles. The van der Waals surface area contributed by atoms with Gasteiger partial charge in [0.2, 0.25) is 0 Å². The van der Waals surface area contributed by atoms with Gasteiger partial charge < -0.3 is 36.6 Å². The van der Waals surface area contributed by atoms with Gasteiger partial charge in [0, 0.05) is 52.1 Å². The molecule has 0 radical (unpaired) electrons. The van der Waals surface area contributed by atoms with Gasteiger partial charge in [-0.3, -0.25) is 0 Å². The summed E-state index contributed by atoms with van der Waals surface area (Å²) < 4.78 is 1.13. The Balaban J connectivity index is 0.000000178. The highest BCUT2D eigenvalue weighted by Crippen LogP contribution is 2.31. The van der Waals surface area contributed by atoms with Crippen molar-refractivity contribution in [2.24, 2.45) is 0 Å². The van der Waals surface area contributed by atoms with Gasteiger partial charge in [0.1, 0.15) is 0 Å². The fourth-order valence-corrected chi connectivity index (χ4v) is 10.9. The number of halogens is 1. The molecule has 6 aromatic rings. The molecular weight excluding hydrogens is 801 g/mol. The zero-order valence-corrected chi connectivity index (χ0v) is 37.8. The van der Waals surface area contributed by atoms with E-state index >= 15 is 0 Å². The van der Waals surface area contributed by atoms with Gasteiger partial charge in [-0.25, -0.2) is 0 Å². The van der Waals surface area contributed by atoms with E-state index in [0.29, 0.717) is 0 Å². The first-order valence-electron chi connectivity index (χ1n) is 20.0. The van der Waals surface area contributed by atoms with Gasteiger partial charge in [-0.15, -0.1) is 0 Å². The summed E-state index contributed by atoms with van der Waals surface area (Å²) in [7, 11) is 11.2. The Kier molecular flexibility index (Phi) is 20.2. The van der Waals surface area contributed by atoms with Crippen molar-refractivity contribution in [3.05, 3.63) is 182 Å². The van der Waals surface area contributed by atoms with Crippen molar-refractivity contribution in [2.75, 3.05) is 74.5 Å². The van der Waals surface area contributed by atoms with Gasteiger partial charge in [0.25, 0.3) is 0 Å². The number of piperidine rings is 1. The highest BCUT2D eigenvalue weighted by molar-refractivity contribution is 7.97. The molecule has 0 unspecified atom stereocenters. The fraction of sp³-hybridized carbons (Fsp3) is 0.280. The average Bonchev–Trinajstić information content (AvgIpc) is 3.24. The van der Waals surface area contributed by atoms with Crippen molar-refractivity contribution < 1.29 is 21.5 Å². The number of benzene rings is 6. The molecule has 7 heteroatoms. The van der Waals surface area contributed by atoms with E-state index in [-0.39, 0.29) is 38.8 Å². The number of hydrogen-bond donors (Lipinski definition) is 1. The number of nitrogens with one attached hydrogen (secondary N) is 1. The summed E-state index contributed by atoms with van der Waals surface area (Å²) in [5, 5.41) is 3.27. The number of piperazine rings is 1. The molecule has 300 valence electrons. The quantitative estimate of drug-likeness (QED) is 0.140. The maximum atomic E-state index is 3.27. The van der Waals surface area contributed by atoms with E-state index in [1.165, 1.54) is 68.4 Å². The molecule has 0 saturated carbocycles. The summed E-state index contributed by atoms with van der Waals surface area (Å²) in [4.78, 5) is 12.9. The molecule has 0 bridgehead atoms. The molecule has 0 atom stereocenters. The van der Waals surface area contributed by atoms with E-state index in [2.05, 4.69) is 232 Å². The first kappa shape index (κ1) is 46.0. The van der Waals surface area contributed by atoms with Crippen LogP contribution in [0, 0.1) is 0 Å².